The number of anilines is 1. The van der Waals surface area contributed by atoms with Crippen molar-refractivity contribution in [3.63, 3.8) is 0 Å². The first-order chi connectivity index (χ1) is 11.0. The van der Waals surface area contributed by atoms with E-state index in [4.69, 9.17) is 5.26 Å². The Balaban J connectivity index is 1.94. The quantitative estimate of drug-likeness (QED) is 0.765. The summed E-state index contributed by atoms with van der Waals surface area (Å²) < 4.78 is 0. The lowest BCUT2D eigenvalue weighted by Gasteiger charge is -2.23. The van der Waals surface area contributed by atoms with Gasteiger partial charge < -0.3 is 16.0 Å². The van der Waals surface area contributed by atoms with E-state index in [-0.39, 0.29) is 23.8 Å². The summed E-state index contributed by atoms with van der Waals surface area (Å²) in [4.78, 5) is 24.1. The van der Waals surface area contributed by atoms with Gasteiger partial charge in [0.1, 0.15) is 0 Å². The van der Waals surface area contributed by atoms with Crippen molar-refractivity contribution in [3.8, 4) is 6.07 Å². The zero-order valence-corrected chi connectivity index (χ0v) is 13.4. The average molecular weight is 314 g/mol. The third-order valence-corrected chi connectivity index (χ3v) is 4.22. The number of benzene rings is 1. The van der Waals surface area contributed by atoms with Crippen molar-refractivity contribution >= 4 is 17.5 Å². The summed E-state index contributed by atoms with van der Waals surface area (Å²) in [5.41, 5.74) is 1.09. The molecule has 1 aliphatic rings. The molecule has 6 nitrogen and oxygen atoms in total. The van der Waals surface area contributed by atoms with Gasteiger partial charge in [0.25, 0.3) is 0 Å². The number of hydrogen-bond donors (Lipinski definition) is 3. The normalized spacial score (nSPS) is 21.3. The minimum Gasteiger partial charge on any atom is -0.359 e. The molecule has 122 valence electrons. The lowest BCUT2D eigenvalue weighted by atomic mass is 10.0. The van der Waals surface area contributed by atoms with Gasteiger partial charge in [-0.05, 0) is 38.0 Å². The number of nitrogens with one attached hydrogen (secondary N) is 3. The van der Waals surface area contributed by atoms with Crippen molar-refractivity contribution in [1.29, 1.82) is 5.26 Å². The largest absolute Gasteiger partial charge is 0.359 e. The van der Waals surface area contributed by atoms with Gasteiger partial charge in [0.05, 0.1) is 23.6 Å². The van der Waals surface area contributed by atoms with Crippen molar-refractivity contribution in [2.75, 3.05) is 12.4 Å². The number of carbonyl (C=O) groups is 2. The zero-order chi connectivity index (χ0) is 16.8. The summed E-state index contributed by atoms with van der Waals surface area (Å²) in [6.07, 6.45) is 2.71. The molecule has 0 aromatic heterocycles. The lowest BCUT2D eigenvalue weighted by molar-refractivity contribution is -0.125. The minimum atomic E-state index is -0.420. The Bertz CT molecular complexity index is 623. The van der Waals surface area contributed by atoms with Crippen LogP contribution in [0.2, 0.25) is 0 Å². The van der Waals surface area contributed by atoms with Crippen LogP contribution in [0.4, 0.5) is 5.69 Å². The number of carbonyl (C=O) groups excluding carboxylic acids is 2. The van der Waals surface area contributed by atoms with Gasteiger partial charge in [0.15, 0.2) is 0 Å². The number of nitriles is 1. The monoisotopic (exact) mass is 314 g/mol. The Morgan fingerprint density at radius 1 is 1.35 bits per heavy atom. The second-order valence-corrected chi connectivity index (χ2v) is 5.83. The minimum absolute atomic E-state index is 0.0149. The standard InChI is InChI=1S/C17H22N4O2/c1-11(20-15-8-4-7-14(15)17(23)19-2)16(22)21-13-6-3-5-12(9-13)10-18/h3,5-6,9,11,14-15,20H,4,7-8H2,1-2H3,(H,19,23)(H,21,22)/t11-,14-,15-/m1/s1. The van der Waals surface area contributed by atoms with Crippen molar-refractivity contribution in [1.82, 2.24) is 10.6 Å². The van der Waals surface area contributed by atoms with Crippen LogP contribution < -0.4 is 16.0 Å². The highest BCUT2D eigenvalue weighted by atomic mass is 16.2. The third-order valence-electron chi connectivity index (χ3n) is 4.22. The van der Waals surface area contributed by atoms with E-state index in [2.05, 4.69) is 16.0 Å². The first kappa shape index (κ1) is 17.0. The smallest absolute Gasteiger partial charge is 0.241 e. The fraction of sp³-hybridized carbons (Fsp3) is 0.471. The SMILES string of the molecule is CNC(=O)[C@@H]1CCC[C@H]1N[C@H](C)C(=O)Nc1cccc(C#N)c1. The van der Waals surface area contributed by atoms with Crippen molar-refractivity contribution in [3.05, 3.63) is 29.8 Å². The number of nitrogens with zero attached hydrogens (tertiary/aromatic N) is 1. The average Bonchev–Trinajstić information content (AvgIpc) is 3.02. The van der Waals surface area contributed by atoms with Gasteiger partial charge in [-0.1, -0.05) is 12.5 Å². The van der Waals surface area contributed by atoms with Crippen LogP contribution in [-0.2, 0) is 9.59 Å². The maximum absolute atomic E-state index is 12.3. The van der Waals surface area contributed by atoms with E-state index < -0.39 is 6.04 Å². The Kier molecular flexibility index (Phi) is 5.72. The predicted octanol–water partition coefficient (Wildman–Crippen LogP) is 1.39. The van der Waals surface area contributed by atoms with E-state index in [1.54, 1.807) is 38.2 Å². The second-order valence-electron chi connectivity index (χ2n) is 5.83. The molecule has 0 heterocycles. The van der Waals surface area contributed by atoms with Gasteiger partial charge in [0.2, 0.25) is 11.8 Å². The summed E-state index contributed by atoms with van der Waals surface area (Å²) in [5.74, 6) is -0.242. The van der Waals surface area contributed by atoms with Gasteiger partial charge in [-0.15, -0.1) is 0 Å². The van der Waals surface area contributed by atoms with Gasteiger partial charge in [-0.25, -0.2) is 0 Å². The van der Waals surface area contributed by atoms with Crippen LogP contribution in [0.3, 0.4) is 0 Å². The van der Waals surface area contributed by atoms with Crippen LogP contribution in [0.5, 0.6) is 0 Å². The molecule has 0 aliphatic heterocycles. The van der Waals surface area contributed by atoms with Crippen molar-refractivity contribution in [2.45, 2.75) is 38.3 Å². The fourth-order valence-corrected chi connectivity index (χ4v) is 2.97. The van der Waals surface area contributed by atoms with Crippen LogP contribution in [0.25, 0.3) is 0 Å². The van der Waals surface area contributed by atoms with Gasteiger partial charge >= 0.3 is 0 Å². The molecule has 0 radical (unpaired) electrons. The maximum Gasteiger partial charge on any atom is 0.241 e. The molecule has 1 aromatic carbocycles. The molecule has 0 unspecified atom stereocenters. The summed E-state index contributed by atoms with van der Waals surface area (Å²) in [7, 11) is 1.63. The van der Waals surface area contributed by atoms with Crippen LogP contribution in [0, 0.1) is 17.2 Å². The zero-order valence-electron chi connectivity index (χ0n) is 13.4. The molecule has 3 atom stereocenters. The summed E-state index contributed by atoms with van der Waals surface area (Å²) in [6, 6.07) is 8.42. The summed E-state index contributed by atoms with van der Waals surface area (Å²) in [5, 5.41) is 17.6. The molecular formula is C17H22N4O2. The van der Waals surface area contributed by atoms with Gasteiger partial charge in [0, 0.05) is 18.8 Å². The van der Waals surface area contributed by atoms with E-state index >= 15 is 0 Å². The molecule has 23 heavy (non-hydrogen) atoms. The van der Waals surface area contributed by atoms with E-state index in [1.165, 1.54) is 0 Å². The molecular weight excluding hydrogens is 292 g/mol. The number of hydrogen-bond acceptors (Lipinski definition) is 4. The molecule has 6 heteroatoms. The molecule has 3 N–H and O–H groups in total. The van der Waals surface area contributed by atoms with Crippen LogP contribution >= 0.6 is 0 Å². The highest BCUT2D eigenvalue weighted by Crippen LogP contribution is 2.26. The first-order valence-electron chi connectivity index (χ1n) is 7.84. The molecule has 1 aromatic rings. The van der Waals surface area contributed by atoms with Gasteiger partial charge in [-0.3, -0.25) is 9.59 Å². The summed E-state index contributed by atoms with van der Waals surface area (Å²) in [6.45, 7) is 1.78. The first-order valence-corrected chi connectivity index (χ1v) is 7.84. The maximum atomic E-state index is 12.3. The Labute approximate surface area is 136 Å². The van der Waals surface area contributed by atoms with E-state index in [9.17, 15) is 9.59 Å². The number of rotatable bonds is 5. The van der Waals surface area contributed by atoms with Crippen LogP contribution in [0.15, 0.2) is 24.3 Å². The Hall–Kier alpha value is -2.39. The van der Waals surface area contributed by atoms with Gasteiger partial charge in [-0.2, -0.15) is 5.26 Å². The second kappa shape index (κ2) is 7.75. The van der Waals surface area contributed by atoms with E-state index in [0.29, 0.717) is 11.3 Å². The fourth-order valence-electron chi connectivity index (χ4n) is 2.97. The van der Waals surface area contributed by atoms with E-state index in [0.717, 1.165) is 19.3 Å². The predicted molar refractivity (Wildman–Crippen MR) is 87.6 cm³/mol. The molecule has 1 saturated carbocycles. The molecule has 2 amide bonds. The third kappa shape index (κ3) is 4.30. The molecule has 2 rings (SSSR count). The van der Waals surface area contributed by atoms with Crippen LogP contribution in [0.1, 0.15) is 31.7 Å². The highest BCUT2D eigenvalue weighted by Gasteiger charge is 2.33. The molecule has 0 spiro atoms. The van der Waals surface area contributed by atoms with E-state index in [1.807, 2.05) is 6.07 Å². The highest BCUT2D eigenvalue weighted by molar-refractivity contribution is 5.94. The Morgan fingerprint density at radius 2 is 2.13 bits per heavy atom. The summed E-state index contributed by atoms with van der Waals surface area (Å²) >= 11 is 0. The molecule has 0 bridgehead atoms. The molecule has 0 saturated heterocycles. The van der Waals surface area contributed by atoms with Crippen molar-refractivity contribution < 1.29 is 9.59 Å². The molecule has 1 fully saturated rings. The van der Waals surface area contributed by atoms with Crippen molar-refractivity contribution in [2.24, 2.45) is 5.92 Å². The Morgan fingerprint density at radius 3 is 2.83 bits per heavy atom. The lowest BCUT2D eigenvalue weighted by Crippen LogP contribution is -2.48. The van der Waals surface area contributed by atoms with Crippen LogP contribution in [-0.4, -0.2) is 30.9 Å². The number of amides is 2. The molecule has 1 aliphatic carbocycles. The topological polar surface area (TPSA) is 94.0 Å².